The van der Waals surface area contributed by atoms with Crippen molar-refractivity contribution in [2.24, 2.45) is 5.84 Å². The predicted octanol–water partition coefficient (Wildman–Crippen LogP) is 2.55. The first-order valence-corrected chi connectivity index (χ1v) is 5.77. The number of aromatic nitrogens is 1. The van der Waals surface area contributed by atoms with Gasteiger partial charge in [-0.1, -0.05) is 11.6 Å². The van der Waals surface area contributed by atoms with Gasteiger partial charge in [0.25, 0.3) is 5.91 Å². The number of hydrazine groups is 1. The second-order valence-electron chi connectivity index (χ2n) is 3.81. The number of hydrogen-bond acceptors (Lipinski definition) is 4. The first-order chi connectivity index (χ1) is 9.49. The lowest BCUT2D eigenvalue weighted by Crippen LogP contribution is -2.14. The summed E-state index contributed by atoms with van der Waals surface area (Å²) in [6, 6.07) is 4.02. The molecule has 0 bridgehead atoms. The number of nitrogen functional groups attached to an aromatic ring is 1. The summed E-state index contributed by atoms with van der Waals surface area (Å²) in [5.74, 6) is 3.17. The number of nitrogens with two attached hydrogens (primary N) is 1. The minimum atomic E-state index is -0.792. The van der Waals surface area contributed by atoms with Gasteiger partial charge in [0.1, 0.15) is 11.6 Å². The lowest BCUT2D eigenvalue weighted by molar-refractivity contribution is 0.102. The Hall–Kier alpha value is -2.25. The van der Waals surface area contributed by atoms with Crippen LogP contribution in [0.3, 0.4) is 0 Å². The number of halogens is 3. The maximum Gasteiger partial charge on any atom is 0.257 e. The standard InChI is InChI=1S/C12H9ClF2N4O/c13-10-1-6(5-17-11(10)19-16)12(20)18-9-3-7(14)2-8(15)4-9/h1-5H,16H2,(H,17,19)(H,18,20). The van der Waals surface area contributed by atoms with E-state index in [-0.39, 0.29) is 22.1 Å². The van der Waals surface area contributed by atoms with E-state index in [0.29, 0.717) is 6.07 Å². The van der Waals surface area contributed by atoms with Crippen molar-refractivity contribution in [1.82, 2.24) is 4.98 Å². The van der Waals surface area contributed by atoms with Gasteiger partial charge in [0.05, 0.1) is 10.6 Å². The molecule has 5 nitrogen and oxygen atoms in total. The minimum Gasteiger partial charge on any atom is -0.322 e. The fourth-order valence-electron chi connectivity index (χ4n) is 1.50. The van der Waals surface area contributed by atoms with E-state index < -0.39 is 17.5 Å². The van der Waals surface area contributed by atoms with Crippen molar-refractivity contribution in [2.45, 2.75) is 0 Å². The highest BCUT2D eigenvalue weighted by Crippen LogP contribution is 2.20. The third-order valence-electron chi connectivity index (χ3n) is 2.36. The summed E-state index contributed by atoms with van der Waals surface area (Å²) < 4.78 is 26.0. The molecule has 0 saturated heterocycles. The number of amides is 1. The van der Waals surface area contributed by atoms with Crippen molar-refractivity contribution in [2.75, 3.05) is 10.7 Å². The molecule has 0 saturated carbocycles. The Kier molecular flexibility index (Phi) is 4.11. The zero-order valence-corrected chi connectivity index (χ0v) is 10.7. The van der Waals surface area contributed by atoms with Gasteiger partial charge in [-0.05, 0) is 18.2 Å². The molecule has 20 heavy (non-hydrogen) atoms. The van der Waals surface area contributed by atoms with Gasteiger partial charge in [-0.3, -0.25) is 4.79 Å². The molecule has 2 rings (SSSR count). The highest BCUT2D eigenvalue weighted by atomic mass is 35.5. The molecule has 1 aromatic carbocycles. The molecule has 1 heterocycles. The van der Waals surface area contributed by atoms with Crippen molar-refractivity contribution >= 4 is 29.0 Å². The number of nitrogens with one attached hydrogen (secondary N) is 2. The molecule has 2 aromatic rings. The van der Waals surface area contributed by atoms with Gasteiger partial charge in [-0.2, -0.15) is 0 Å². The molecule has 1 amide bonds. The maximum atomic E-state index is 13.0. The van der Waals surface area contributed by atoms with Gasteiger partial charge < -0.3 is 10.7 Å². The van der Waals surface area contributed by atoms with Crippen molar-refractivity contribution in [1.29, 1.82) is 0 Å². The molecule has 0 spiro atoms. The minimum absolute atomic E-state index is 0.00958. The van der Waals surface area contributed by atoms with Gasteiger partial charge in [0.2, 0.25) is 0 Å². The number of benzene rings is 1. The molecule has 0 aliphatic carbocycles. The smallest absolute Gasteiger partial charge is 0.257 e. The Balaban J connectivity index is 2.21. The van der Waals surface area contributed by atoms with E-state index >= 15 is 0 Å². The van der Waals surface area contributed by atoms with Gasteiger partial charge >= 0.3 is 0 Å². The van der Waals surface area contributed by atoms with Crippen molar-refractivity contribution in [3.8, 4) is 0 Å². The van der Waals surface area contributed by atoms with E-state index in [2.05, 4.69) is 15.7 Å². The quantitative estimate of drug-likeness (QED) is 0.601. The maximum absolute atomic E-state index is 13.0. The van der Waals surface area contributed by atoms with Crippen LogP contribution in [0.4, 0.5) is 20.3 Å². The third-order valence-corrected chi connectivity index (χ3v) is 2.65. The first-order valence-electron chi connectivity index (χ1n) is 5.39. The number of anilines is 2. The van der Waals surface area contributed by atoms with Crippen LogP contribution >= 0.6 is 11.6 Å². The molecule has 0 radical (unpaired) electrons. The molecule has 8 heteroatoms. The number of nitrogens with zero attached hydrogens (tertiary/aromatic N) is 1. The fraction of sp³-hybridized carbons (Fsp3) is 0. The van der Waals surface area contributed by atoms with Gasteiger partial charge in [0.15, 0.2) is 5.82 Å². The summed E-state index contributed by atoms with van der Waals surface area (Å²) in [6.45, 7) is 0. The molecule has 104 valence electrons. The van der Waals surface area contributed by atoms with Crippen LogP contribution < -0.4 is 16.6 Å². The molecular weight excluding hydrogens is 290 g/mol. The highest BCUT2D eigenvalue weighted by molar-refractivity contribution is 6.33. The summed E-state index contributed by atoms with van der Waals surface area (Å²) in [5, 5.41) is 2.48. The average Bonchev–Trinajstić information content (AvgIpc) is 2.37. The van der Waals surface area contributed by atoms with Gasteiger partial charge in [-0.25, -0.2) is 19.6 Å². The molecule has 1 aromatic heterocycles. The van der Waals surface area contributed by atoms with Crippen LogP contribution in [-0.2, 0) is 0 Å². The Bertz CT molecular complexity index is 646. The molecule has 0 unspecified atom stereocenters. The first kappa shape index (κ1) is 14.2. The monoisotopic (exact) mass is 298 g/mol. The van der Waals surface area contributed by atoms with E-state index in [9.17, 15) is 13.6 Å². The number of hydrogen-bond donors (Lipinski definition) is 3. The third kappa shape index (κ3) is 3.19. The Morgan fingerprint density at radius 3 is 2.40 bits per heavy atom. The Morgan fingerprint density at radius 1 is 1.20 bits per heavy atom. The van der Waals surface area contributed by atoms with Crippen molar-refractivity contribution in [3.63, 3.8) is 0 Å². The van der Waals surface area contributed by atoms with Crippen molar-refractivity contribution < 1.29 is 13.6 Å². The average molecular weight is 299 g/mol. The molecule has 0 atom stereocenters. The zero-order valence-electron chi connectivity index (χ0n) is 9.95. The Labute approximate surface area is 117 Å². The summed E-state index contributed by atoms with van der Waals surface area (Å²) in [4.78, 5) is 15.7. The fourth-order valence-corrected chi connectivity index (χ4v) is 1.72. The predicted molar refractivity (Wildman–Crippen MR) is 71.4 cm³/mol. The van der Waals surface area contributed by atoms with E-state index in [0.717, 1.165) is 12.1 Å². The summed E-state index contributed by atoms with van der Waals surface area (Å²) in [5.41, 5.74) is 2.37. The second kappa shape index (κ2) is 5.81. The zero-order chi connectivity index (χ0) is 14.7. The second-order valence-corrected chi connectivity index (χ2v) is 4.22. The van der Waals surface area contributed by atoms with Gasteiger partial charge in [0, 0.05) is 18.0 Å². The van der Waals surface area contributed by atoms with E-state index in [1.165, 1.54) is 12.3 Å². The lowest BCUT2D eigenvalue weighted by Gasteiger charge is -2.07. The summed E-state index contributed by atoms with van der Waals surface area (Å²) in [6.07, 6.45) is 1.23. The number of pyridine rings is 1. The van der Waals surface area contributed by atoms with Crippen LogP contribution in [0.25, 0.3) is 0 Å². The topological polar surface area (TPSA) is 80.0 Å². The van der Waals surface area contributed by atoms with Crippen LogP contribution in [-0.4, -0.2) is 10.9 Å². The van der Waals surface area contributed by atoms with Crippen LogP contribution in [0.2, 0.25) is 5.02 Å². The molecule has 0 aliphatic heterocycles. The SMILES string of the molecule is NNc1ncc(C(=O)Nc2cc(F)cc(F)c2)cc1Cl. The molecule has 0 aliphatic rings. The van der Waals surface area contributed by atoms with Crippen LogP contribution in [0.5, 0.6) is 0 Å². The molecule has 0 fully saturated rings. The summed E-state index contributed by atoms with van der Waals surface area (Å²) in [7, 11) is 0. The molecule has 4 N–H and O–H groups in total. The summed E-state index contributed by atoms with van der Waals surface area (Å²) >= 11 is 5.82. The van der Waals surface area contributed by atoms with Crippen molar-refractivity contribution in [3.05, 3.63) is 52.7 Å². The Morgan fingerprint density at radius 2 is 1.85 bits per heavy atom. The van der Waals surface area contributed by atoms with Crippen LogP contribution in [0.15, 0.2) is 30.5 Å². The van der Waals surface area contributed by atoms with Gasteiger partial charge in [-0.15, -0.1) is 0 Å². The van der Waals surface area contributed by atoms with E-state index in [4.69, 9.17) is 17.4 Å². The van der Waals surface area contributed by atoms with E-state index in [1.54, 1.807) is 0 Å². The molecular formula is C12H9ClF2N4O. The number of carbonyl (C=O) groups is 1. The van der Waals surface area contributed by atoms with Crippen LogP contribution in [0.1, 0.15) is 10.4 Å². The highest BCUT2D eigenvalue weighted by Gasteiger charge is 2.11. The lowest BCUT2D eigenvalue weighted by atomic mass is 10.2. The normalized spacial score (nSPS) is 10.2. The van der Waals surface area contributed by atoms with E-state index in [1.807, 2.05) is 0 Å². The van der Waals surface area contributed by atoms with Crippen LogP contribution in [0, 0.1) is 11.6 Å². The number of carbonyl (C=O) groups excluding carboxylic acids is 1. The largest absolute Gasteiger partial charge is 0.322 e. The number of rotatable bonds is 3.